The second kappa shape index (κ2) is 6.54. The molecule has 22 heavy (non-hydrogen) atoms. The molecule has 110 valence electrons. The summed E-state index contributed by atoms with van der Waals surface area (Å²) >= 11 is 2.94. The van der Waals surface area contributed by atoms with Crippen LogP contribution in [-0.4, -0.2) is 31.5 Å². The topological polar surface area (TPSA) is 91.8 Å². The highest BCUT2D eigenvalue weighted by Gasteiger charge is 2.14. The third kappa shape index (κ3) is 3.23. The Kier molecular flexibility index (Phi) is 4.31. The molecule has 0 atom stereocenters. The number of rotatable bonds is 5. The number of H-pyrrole nitrogens is 1. The molecule has 0 unspecified atom stereocenters. The lowest BCUT2D eigenvalue weighted by Gasteiger charge is -2.01. The van der Waals surface area contributed by atoms with Gasteiger partial charge in [-0.3, -0.25) is 4.79 Å². The van der Waals surface area contributed by atoms with E-state index in [1.807, 2.05) is 35.7 Å². The highest BCUT2D eigenvalue weighted by Crippen LogP contribution is 2.33. The fourth-order valence-electron chi connectivity index (χ4n) is 1.70. The molecule has 2 heterocycles. The summed E-state index contributed by atoms with van der Waals surface area (Å²) in [6.07, 6.45) is 1.10. The van der Waals surface area contributed by atoms with Crippen molar-refractivity contribution >= 4 is 34.6 Å². The predicted octanol–water partition coefficient (Wildman–Crippen LogP) is 3.19. The van der Waals surface area contributed by atoms with E-state index < -0.39 is 0 Å². The number of allylic oxidation sites excluding steroid dienone is 1. The van der Waals surface area contributed by atoms with Crippen LogP contribution in [0.2, 0.25) is 0 Å². The van der Waals surface area contributed by atoms with Crippen molar-refractivity contribution in [2.75, 3.05) is 0 Å². The number of hydrogen-bond donors (Lipinski definition) is 2. The zero-order chi connectivity index (χ0) is 15.4. The van der Waals surface area contributed by atoms with Gasteiger partial charge >= 0.3 is 0 Å². The number of aromatic nitrogens is 4. The van der Waals surface area contributed by atoms with E-state index in [-0.39, 0.29) is 17.4 Å². The number of aliphatic hydroxyl groups is 1. The van der Waals surface area contributed by atoms with Crippen molar-refractivity contribution in [2.24, 2.45) is 0 Å². The van der Waals surface area contributed by atoms with Crippen LogP contribution < -0.4 is 0 Å². The molecule has 6 nitrogen and oxygen atoms in total. The molecule has 0 aliphatic carbocycles. The molecule has 0 aliphatic heterocycles. The number of aromatic amines is 1. The number of nitrogens with one attached hydrogen (secondary N) is 1. The van der Waals surface area contributed by atoms with Crippen molar-refractivity contribution in [3.05, 3.63) is 58.6 Å². The van der Waals surface area contributed by atoms with E-state index in [0.717, 1.165) is 15.9 Å². The molecule has 0 saturated heterocycles. The van der Waals surface area contributed by atoms with Crippen molar-refractivity contribution in [1.82, 2.24) is 20.6 Å². The maximum absolute atomic E-state index is 12.3. The van der Waals surface area contributed by atoms with Crippen LogP contribution >= 0.6 is 23.1 Å². The van der Waals surface area contributed by atoms with Gasteiger partial charge in [-0.1, -0.05) is 30.0 Å². The normalized spacial score (nSPS) is 11.5. The summed E-state index contributed by atoms with van der Waals surface area (Å²) in [6, 6.07) is 9.78. The molecule has 0 aliphatic rings. The van der Waals surface area contributed by atoms with Gasteiger partial charge in [-0.05, 0) is 17.3 Å². The van der Waals surface area contributed by atoms with E-state index in [4.69, 9.17) is 0 Å². The molecule has 0 radical (unpaired) electrons. The lowest BCUT2D eigenvalue weighted by atomic mass is 10.2. The van der Waals surface area contributed by atoms with E-state index in [9.17, 15) is 9.90 Å². The zero-order valence-corrected chi connectivity index (χ0v) is 12.8. The van der Waals surface area contributed by atoms with Gasteiger partial charge in [0.05, 0.1) is 0 Å². The second-order valence-electron chi connectivity index (χ2n) is 4.19. The van der Waals surface area contributed by atoms with Gasteiger partial charge in [0, 0.05) is 32.2 Å². The van der Waals surface area contributed by atoms with E-state index >= 15 is 0 Å². The van der Waals surface area contributed by atoms with Crippen LogP contribution in [0.25, 0.3) is 5.76 Å². The Labute approximate surface area is 133 Å². The number of hydrogen-bond acceptors (Lipinski definition) is 7. The van der Waals surface area contributed by atoms with Crippen LogP contribution in [0, 0.1) is 0 Å². The number of carbonyl (C=O) groups is 1. The zero-order valence-electron chi connectivity index (χ0n) is 11.1. The summed E-state index contributed by atoms with van der Waals surface area (Å²) < 4.78 is 0. The van der Waals surface area contributed by atoms with Gasteiger partial charge in [-0.25, -0.2) is 0 Å². The summed E-state index contributed by atoms with van der Waals surface area (Å²) in [5.41, 5.74) is 0.536. The average Bonchev–Trinajstić information content (AvgIpc) is 3.19. The van der Waals surface area contributed by atoms with Gasteiger partial charge < -0.3 is 5.11 Å². The quantitative estimate of drug-likeness (QED) is 0.424. The minimum atomic E-state index is -0.319. The molecule has 0 amide bonds. The van der Waals surface area contributed by atoms with E-state index in [1.54, 1.807) is 5.38 Å². The molecule has 0 fully saturated rings. The average molecular weight is 330 g/mol. The summed E-state index contributed by atoms with van der Waals surface area (Å²) in [7, 11) is 0. The summed E-state index contributed by atoms with van der Waals surface area (Å²) in [6.45, 7) is 0. The number of nitrogens with zero attached hydrogens (tertiary/aromatic N) is 3. The van der Waals surface area contributed by atoms with Gasteiger partial charge in [0.25, 0.3) is 0 Å². The maximum atomic E-state index is 12.3. The third-order valence-corrected chi connectivity index (χ3v) is 4.66. The number of benzene rings is 1. The Morgan fingerprint density at radius 2 is 2.09 bits per heavy atom. The fourth-order valence-corrected chi connectivity index (χ4v) is 3.64. The minimum Gasteiger partial charge on any atom is -0.504 e. The molecular weight excluding hydrogens is 320 g/mol. The Hall–Kier alpha value is -2.45. The largest absolute Gasteiger partial charge is 0.504 e. The summed E-state index contributed by atoms with van der Waals surface area (Å²) in [4.78, 5) is 14.2. The number of tetrazole rings is 1. The van der Waals surface area contributed by atoms with Crippen LogP contribution in [0.15, 0.2) is 57.0 Å². The van der Waals surface area contributed by atoms with Gasteiger partial charge in [0.15, 0.2) is 11.5 Å². The molecule has 0 spiro atoms. The minimum absolute atomic E-state index is 0.0131. The number of ketones is 1. The van der Waals surface area contributed by atoms with E-state index in [2.05, 4.69) is 20.6 Å². The van der Waals surface area contributed by atoms with Crippen molar-refractivity contribution in [3.63, 3.8) is 0 Å². The van der Waals surface area contributed by atoms with Crippen molar-refractivity contribution in [3.8, 4) is 0 Å². The first kappa shape index (κ1) is 14.5. The van der Waals surface area contributed by atoms with Gasteiger partial charge in [-0.2, -0.15) is 16.6 Å². The first-order chi connectivity index (χ1) is 10.7. The number of aliphatic hydroxyl groups excluding tert-OH is 1. The van der Waals surface area contributed by atoms with Gasteiger partial charge in [0.1, 0.15) is 0 Å². The van der Waals surface area contributed by atoms with Crippen molar-refractivity contribution in [1.29, 1.82) is 0 Å². The standard InChI is InChI=1S/C14H10N4O2S2/c19-11(6-12(20)14-15-17-18-16-14)10-7-21-8-13(10)22-9-4-2-1-3-5-9/h1-8,20H,(H,15,16,17,18). The Bertz CT molecular complexity index is 797. The monoisotopic (exact) mass is 330 g/mol. The van der Waals surface area contributed by atoms with Crippen LogP contribution in [-0.2, 0) is 0 Å². The molecule has 3 rings (SSSR count). The smallest absolute Gasteiger partial charge is 0.239 e. The number of thiophene rings is 1. The molecule has 2 N–H and O–H groups in total. The van der Waals surface area contributed by atoms with Gasteiger partial charge in [-0.15, -0.1) is 10.2 Å². The molecule has 3 aromatic rings. The fraction of sp³-hybridized carbons (Fsp3) is 0. The Morgan fingerprint density at radius 3 is 2.82 bits per heavy atom. The lowest BCUT2D eigenvalue weighted by Crippen LogP contribution is -1.97. The number of carbonyl (C=O) groups excluding carboxylic acids is 1. The summed E-state index contributed by atoms with van der Waals surface area (Å²) in [5, 5.41) is 26.3. The van der Waals surface area contributed by atoms with Crippen molar-refractivity contribution in [2.45, 2.75) is 9.79 Å². The molecule has 1 aromatic carbocycles. The summed E-state index contributed by atoms with van der Waals surface area (Å²) in [5.74, 6) is -0.636. The second-order valence-corrected chi connectivity index (χ2v) is 6.05. The lowest BCUT2D eigenvalue weighted by molar-refractivity contribution is 0.104. The highest BCUT2D eigenvalue weighted by molar-refractivity contribution is 7.99. The molecule has 0 saturated carbocycles. The highest BCUT2D eigenvalue weighted by atomic mass is 32.2. The maximum Gasteiger partial charge on any atom is 0.239 e. The molecular formula is C14H10N4O2S2. The van der Waals surface area contributed by atoms with Crippen LogP contribution in [0.1, 0.15) is 16.2 Å². The van der Waals surface area contributed by atoms with Gasteiger partial charge in [0.2, 0.25) is 5.82 Å². The van der Waals surface area contributed by atoms with Crippen LogP contribution in [0.4, 0.5) is 0 Å². The first-order valence-corrected chi connectivity index (χ1v) is 7.98. The predicted molar refractivity (Wildman–Crippen MR) is 84.0 cm³/mol. The Balaban J connectivity index is 1.82. The van der Waals surface area contributed by atoms with Crippen molar-refractivity contribution < 1.29 is 9.90 Å². The van der Waals surface area contributed by atoms with E-state index in [0.29, 0.717) is 5.56 Å². The van der Waals surface area contributed by atoms with Crippen LogP contribution in [0.5, 0.6) is 0 Å². The molecule has 0 bridgehead atoms. The Morgan fingerprint density at radius 1 is 1.27 bits per heavy atom. The molecule has 2 aromatic heterocycles. The first-order valence-electron chi connectivity index (χ1n) is 6.22. The third-order valence-electron chi connectivity index (χ3n) is 2.71. The van der Waals surface area contributed by atoms with Crippen LogP contribution in [0.3, 0.4) is 0 Å². The SMILES string of the molecule is O=C(C=C(O)c1nn[nH]n1)c1cscc1Sc1ccccc1. The molecule has 8 heteroatoms. The van der Waals surface area contributed by atoms with E-state index in [1.165, 1.54) is 23.1 Å².